The van der Waals surface area contributed by atoms with Crippen LogP contribution in [0.2, 0.25) is 0 Å². The molecule has 1 aliphatic rings. The Labute approximate surface area is 132 Å². The van der Waals surface area contributed by atoms with Gasteiger partial charge in [0.2, 0.25) is 0 Å². The van der Waals surface area contributed by atoms with E-state index in [1.54, 1.807) is 0 Å². The van der Waals surface area contributed by atoms with Crippen molar-refractivity contribution < 1.29 is 4.74 Å². The van der Waals surface area contributed by atoms with Crippen molar-refractivity contribution in [3.63, 3.8) is 0 Å². The molecule has 3 heteroatoms. The maximum absolute atomic E-state index is 5.34. The van der Waals surface area contributed by atoms with Gasteiger partial charge in [-0.05, 0) is 51.0 Å². The van der Waals surface area contributed by atoms with Gasteiger partial charge in [0.15, 0.2) is 0 Å². The summed E-state index contributed by atoms with van der Waals surface area (Å²) in [5.41, 5.74) is 0. The first-order valence-corrected chi connectivity index (χ1v) is 9.10. The van der Waals surface area contributed by atoms with Crippen LogP contribution in [-0.2, 0) is 4.74 Å². The maximum atomic E-state index is 5.34. The van der Waals surface area contributed by atoms with Crippen LogP contribution in [0.15, 0.2) is 0 Å². The number of rotatable bonds is 10. The van der Waals surface area contributed by atoms with Crippen LogP contribution in [0, 0.1) is 11.8 Å². The molecule has 3 nitrogen and oxygen atoms in total. The van der Waals surface area contributed by atoms with E-state index in [1.807, 2.05) is 7.11 Å². The summed E-state index contributed by atoms with van der Waals surface area (Å²) in [5.74, 6) is 1.73. The van der Waals surface area contributed by atoms with Crippen molar-refractivity contribution in [3.05, 3.63) is 0 Å². The quantitative estimate of drug-likeness (QED) is 0.667. The molecular weight excluding hydrogens is 260 g/mol. The highest BCUT2D eigenvalue weighted by Gasteiger charge is 2.31. The van der Waals surface area contributed by atoms with Gasteiger partial charge in [-0.25, -0.2) is 0 Å². The van der Waals surface area contributed by atoms with Gasteiger partial charge in [0, 0.05) is 32.3 Å². The number of nitrogens with zero attached hydrogens (tertiary/aromatic N) is 1. The molecule has 0 aromatic carbocycles. The number of hydrogen-bond donors (Lipinski definition) is 1. The van der Waals surface area contributed by atoms with Crippen molar-refractivity contribution >= 4 is 0 Å². The second-order valence-corrected chi connectivity index (χ2v) is 6.70. The molecule has 0 bridgehead atoms. The highest BCUT2D eigenvalue weighted by molar-refractivity contribution is 4.86. The Morgan fingerprint density at radius 1 is 1.19 bits per heavy atom. The van der Waals surface area contributed by atoms with Gasteiger partial charge < -0.3 is 10.1 Å². The van der Waals surface area contributed by atoms with Crippen molar-refractivity contribution in [2.45, 2.75) is 71.4 Å². The lowest BCUT2D eigenvalue weighted by Gasteiger charge is -2.41. The smallest absolute Gasteiger partial charge is 0.0589 e. The SMILES string of the molecule is CCC1CCC(NC)C(CN(CCOC)C(CC)CC)C1. The van der Waals surface area contributed by atoms with Crippen molar-refractivity contribution in [3.8, 4) is 0 Å². The van der Waals surface area contributed by atoms with Gasteiger partial charge in [-0.1, -0.05) is 27.2 Å². The van der Waals surface area contributed by atoms with Crippen LogP contribution in [0.3, 0.4) is 0 Å². The molecule has 21 heavy (non-hydrogen) atoms. The summed E-state index contributed by atoms with van der Waals surface area (Å²) in [6.07, 6.45) is 7.98. The molecule has 0 aliphatic heterocycles. The van der Waals surface area contributed by atoms with E-state index >= 15 is 0 Å². The highest BCUT2D eigenvalue weighted by Crippen LogP contribution is 2.32. The van der Waals surface area contributed by atoms with E-state index in [4.69, 9.17) is 4.74 Å². The normalized spacial score (nSPS) is 26.7. The lowest BCUT2D eigenvalue weighted by molar-refractivity contribution is 0.0768. The molecule has 126 valence electrons. The second kappa shape index (κ2) is 10.6. The van der Waals surface area contributed by atoms with Crippen molar-refractivity contribution in [1.82, 2.24) is 10.2 Å². The van der Waals surface area contributed by atoms with Gasteiger partial charge in [-0.2, -0.15) is 0 Å². The Bertz CT molecular complexity index is 248. The van der Waals surface area contributed by atoms with Crippen molar-refractivity contribution in [1.29, 1.82) is 0 Å². The molecule has 3 atom stereocenters. The van der Waals surface area contributed by atoms with E-state index in [2.05, 4.69) is 38.0 Å². The van der Waals surface area contributed by atoms with Gasteiger partial charge in [-0.15, -0.1) is 0 Å². The van der Waals surface area contributed by atoms with Crippen LogP contribution in [0.25, 0.3) is 0 Å². The van der Waals surface area contributed by atoms with Gasteiger partial charge in [-0.3, -0.25) is 4.90 Å². The van der Waals surface area contributed by atoms with E-state index in [-0.39, 0.29) is 0 Å². The zero-order valence-electron chi connectivity index (χ0n) is 15.0. The van der Waals surface area contributed by atoms with Crippen molar-refractivity contribution in [2.75, 3.05) is 33.9 Å². The first-order valence-electron chi connectivity index (χ1n) is 9.10. The molecule has 0 aromatic rings. The molecular formula is C18H38N2O. The number of hydrogen-bond acceptors (Lipinski definition) is 3. The third-order valence-corrected chi connectivity index (χ3v) is 5.55. The second-order valence-electron chi connectivity index (χ2n) is 6.70. The Morgan fingerprint density at radius 2 is 1.90 bits per heavy atom. The minimum absolute atomic E-state index is 0.701. The summed E-state index contributed by atoms with van der Waals surface area (Å²) in [5, 5.41) is 3.58. The third-order valence-electron chi connectivity index (χ3n) is 5.55. The zero-order valence-corrected chi connectivity index (χ0v) is 15.0. The predicted octanol–water partition coefficient (Wildman–Crippen LogP) is 3.54. The Morgan fingerprint density at radius 3 is 2.43 bits per heavy atom. The van der Waals surface area contributed by atoms with Gasteiger partial charge in [0.05, 0.1) is 6.61 Å². The number of methoxy groups -OCH3 is 1. The molecule has 0 aromatic heterocycles. The lowest BCUT2D eigenvalue weighted by Crippen LogP contribution is -2.48. The fourth-order valence-electron chi connectivity index (χ4n) is 4.05. The van der Waals surface area contributed by atoms with E-state index < -0.39 is 0 Å². The van der Waals surface area contributed by atoms with E-state index in [1.165, 1.54) is 45.1 Å². The maximum Gasteiger partial charge on any atom is 0.0589 e. The number of nitrogens with one attached hydrogen (secondary N) is 1. The van der Waals surface area contributed by atoms with Gasteiger partial charge in [0.1, 0.15) is 0 Å². The molecule has 0 radical (unpaired) electrons. The monoisotopic (exact) mass is 298 g/mol. The Kier molecular flexibility index (Phi) is 9.54. The average Bonchev–Trinajstić information content (AvgIpc) is 2.53. The van der Waals surface area contributed by atoms with Gasteiger partial charge in [0.25, 0.3) is 0 Å². The Hall–Kier alpha value is -0.120. The summed E-state index contributed by atoms with van der Waals surface area (Å²) >= 11 is 0. The molecule has 1 rings (SSSR count). The van der Waals surface area contributed by atoms with E-state index in [9.17, 15) is 0 Å². The van der Waals surface area contributed by atoms with Crippen LogP contribution < -0.4 is 5.32 Å². The summed E-state index contributed by atoms with van der Waals surface area (Å²) < 4.78 is 5.34. The third kappa shape index (κ3) is 5.88. The van der Waals surface area contributed by atoms with E-state index in [0.29, 0.717) is 12.1 Å². The molecule has 1 saturated carbocycles. The molecule has 0 amide bonds. The lowest BCUT2D eigenvalue weighted by atomic mass is 9.76. The zero-order chi connectivity index (χ0) is 15.7. The largest absolute Gasteiger partial charge is 0.383 e. The van der Waals surface area contributed by atoms with E-state index in [0.717, 1.165) is 25.0 Å². The predicted molar refractivity (Wildman–Crippen MR) is 91.8 cm³/mol. The first-order chi connectivity index (χ1) is 10.2. The summed E-state index contributed by atoms with van der Waals surface area (Å²) in [6, 6.07) is 1.41. The topological polar surface area (TPSA) is 24.5 Å². The number of ether oxygens (including phenoxy) is 1. The van der Waals surface area contributed by atoms with Crippen molar-refractivity contribution in [2.24, 2.45) is 11.8 Å². The molecule has 0 heterocycles. The molecule has 1 N–H and O–H groups in total. The minimum atomic E-state index is 0.701. The van der Waals surface area contributed by atoms with Crippen LogP contribution >= 0.6 is 0 Å². The minimum Gasteiger partial charge on any atom is -0.383 e. The molecule has 0 spiro atoms. The summed E-state index contributed by atoms with van der Waals surface area (Å²) in [7, 11) is 3.95. The first kappa shape index (κ1) is 18.9. The van der Waals surface area contributed by atoms with Crippen LogP contribution in [0.5, 0.6) is 0 Å². The standard InChI is InChI=1S/C18H38N2O/c1-6-15-9-10-18(19-4)16(13-15)14-20(11-12-21-5)17(7-2)8-3/h15-19H,6-14H2,1-5H3. The fraction of sp³-hybridized carbons (Fsp3) is 1.00. The van der Waals surface area contributed by atoms with Crippen LogP contribution in [0.1, 0.15) is 59.3 Å². The average molecular weight is 299 g/mol. The van der Waals surface area contributed by atoms with Crippen LogP contribution in [0.4, 0.5) is 0 Å². The highest BCUT2D eigenvalue weighted by atomic mass is 16.5. The molecule has 1 aliphatic carbocycles. The molecule has 3 unspecified atom stereocenters. The molecule has 1 fully saturated rings. The molecule has 0 saturated heterocycles. The summed E-state index contributed by atoms with van der Waals surface area (Å²) in [4.78, 5) is 2.69. The Balaban J connectivity index is 2.67. The summed E-state index contributed by atoms with van der Waals surface area (Å²) in [6.45, 7) is 10.2. The van der Waals surface area contributed by atoms with Gasteiger partial charge >= 0.3 is 0 Å². The van der Waals surface area contributed by atoms with Crippen LogP contribution in [-0.4, -0.2) is 50.8 Å². The fourth-order valence-corrected chi connectivity index (χ4v) is 4.05.